The average molecular weight is 255 g/mol. The van der Waals surface area contributed by atoms with Gasteiger partial charge in [0.1, 0.15) is 0 Å². The molecule has 16 heavy (non-hydrogen) atoms. The number of nitrogen functional groups attached to an aromatic ring is 1. The Morgan fingerprint density at radius 2 is 1.94 bits per heavy atom. The van der Waals surface area contributed by atoms with Crippen LogP contribution in [0.2, 0.25) is 0 Å². The summed E-state index contributed by atoms with van der Waals surface area (Å²) in [6.45, 7) is -1.86. The van der Waals surface area contributed by atoms with Crippen LogP contribution >= 0.6 is 0 Å². The molecule has 0 radical (unpaired) electrons. The minimum Gasteiger partial charge on any atom is -0.399 e. The van der Waals surface area contributed by atoms with Crippen molar-refractivity contribution < 1.29 is 25.8 Å². The van der Waals surface area contributed by atoms with Crippen LogP contribution in [0.5, 0.6) is 0 Å². The van der Waals surface area contributed by atoms with Crippen LogP contribution in [0.25, 0.3) is 0 Å². The van der Waals surface area contributed by atoms with Crippen LogP contribution in [0.4, 0.5) is 18.9 Å². The molecular formula is C8H8F3NO3S. The summed E-state index contributed by atoms with van der Waals surface area (Å²) in [6.07, 6.45) is -4.70. The van der Waals surface area contributed by atoms with E-state index in [2.05, 4.69) is 4.18 Å². The number of halogens is 3. The maximum Gasteiger partial charge on any atom is 0.413 e. The summed E-state index contributed by atoms with van der Waals surface area (Å²) in [5.74, 6) is 0. The average Bonchev–Trinajstić information content (AvgIpc) is 2.14. The lowest BCUT2D eigenvalue weighted by Crippen LogP contribution is -2.20. The number of rotatable bonds is 3. The lowest BCUT2D eigenvalue weighted by Gasteiger charge is -2.08. The third-order valence-corrected chi connectivity index (χ3v) is 2.78. The van der Waals surface area contributed by atoms with Crippen molar-refractivity contribution in [3.05, 3.63) is 24.3 Å². The Balaban J connectivity index is 2.87. The number of benzene rings is 1. The van der Waals surface area contributed by atoms with E-state index in [1.807, 2.05) is 0 Å². The summed E-state index contributed by atoms with van der Waals surface area (Å²) >= 11 is 0. The second kappa shape index (κ2) is 4.30. The Labute approximate surface area is 89.9 Å². The van der Waals surface area contributed by atoms with Gasteiger partial charge in [0.05, 0.1) is 4.90 Å². The van der Waals surface area contributed by atoms with Gasteiger partial charge < -0.3 is 5.73 Å². The summed E-state index contributed by atoms with van der Waals surface area (Å²) < 4.78 is 61.6. The van der Waals surface area contributed by atoms with Gasteiger partial charge in [0.15, 0.2) is 6.61 Å². The minimum atomic E-state index is -4.70. The van der Waals surface area contributed by atoms with Gasteiger partial charge >= 0.3 is 6.18 Å². The Bertz CT molecular complexity index is 470. The fourth-order valence-corrected chi connectivity index (χ4v) is 1.83. The first-order chi connectivity index (χ1) is 7.21. The first-order valence-corrected chi connectivity index (χ1v) is 5.43. The Kier molecular flexibility index (Phi) is 3.44. The molecule has 0 unspecified atom stereocenters. The van der Waals surface area contributed by atoms with E-state index in [4.69, 9.17) is 5.73 Å². The first-order valence-electron chi connectivity index (χ1n) is 4.02. The molecule has 0 saturated heterocycles. The molecule has 0 atom stereocenters. The van der Waals surface area contributed by atoms with Crippen molar-refractivity contribution in [3.63, 3.8) is 0 Å². The highest BCUT2D eigenvalue weighted by Gasteiger charge is 2.31. The monoisotopic (exact) mass is 255 g/mol. The molecule has 4 nitrogen and oxygen atoms in total. The van der Waals surface area contributed by atoms with Crippen LogP contribution in [-0.4, -0.2) is 21.2 Å². The third-order valence-electron chi connectivity index (χ3n) is 1.52. The van der Waals surface area contributed by atoms with Crippen molar-refractivity contribution in [3.8, 4) is 0 Å². The van der Waals surface area contributed by atoms with Crippen LogP contribution in [0.3, 0.4) is 0 Å². The molecule has 0 spiro atoms. The summed E-state index contributed by atoms with van der Waals surface area (Å²) in [5.41, 5.74) is 5.42. The van der Waals surface area contributed by atoms with Crippen LogP contribution < -0.4 is 5.73 Å². The molecule has 0 heterocycles. The van der Waals surface area contributed by atoms with Gasteiger partial charge in [-0.05, 0) is 18.2 Å². The van der Waals surface area contributed by atoms with E-state index in [1.165, 1.54) is 12.1 Å². The lowest BCUT2D eigenvalue weighted by molar-refractivity contribution is -0.152. The molecule has 1 aromatic carbocycles. The minimum absolute atomic E-state index is 0.122. The molecule has 0 aromatic heterocycles. The molecular weight excluding hydrogens is 247 g/mol. The van der Waals surface area contributed by atoms with E-state index in [0.29, 0.717) is 0 Å². The van der Waals surface area contributed by atoms with Gasteiger partial charge in [0, 0.05) is 5.69 Å². The summed E-state index contributed by atoms with van der Waals surface area (Å²) in [5, 5.41) is 0. The maximum atomic E-state index is 11.8. The van der Waals surface area contributed by atoms with E-state index >= 15 is 0 Å². The Morgan fingerprint density at radius 3 is 2.44 bits per heavy atom. The third kappa shape index (κ3) is 3.70. The van der Waals surface area contributed by atoms with E-state index in [0.717, 1.165) is 12.1 Å². The van der Waals surface area contributed by atoms with E-state index < -0.39 is 27.8 Å². The Hall–Kier alpha value is -1.28. The number of anilines is 1. The molecule has 0 aliphatic rings. The Morgan fingerprint density at radius 1 is 1.31 bits per heavy atom. The van der Waals surface area contributed by atoms with Gasteiger partial charge in [-0.1, -0.05) is 6.07 Å². The van der Waals surface area contributed by atoms with Crippen LogP contribution in [0, 0.1) is 0 Å². The zero-order chi connectivity index (χ0) is 12.4. The topological polar surface area (TPSA) is 69.4 Å². The molecule has 0 saturated carbocycles. The first kappa shape index (κ1) is 12.8. The SMILES string of the molecule is Nc1cccc(S(=O)(=O)OCC(F)(F)F)c1. The van der Waals surface area contributed by atoms with Crippen molar-refractivity contribution >= 4 is 15.8 Å². The van der Waals surface area contributed by atoms with Gasteiger partial charge in [-0.2, -0.15) is 21.6 Å². The van der Waals surface area contributed by atoms with Crippen LogP contribution in [-0.2, 0) is 14.3 Å². The molecule has 2 N–H and O–H groups in total. The highest BCUT2D eigenvalue weighted by molar-refractivity contribution is 7.86. The van der Waals surface area contributed by atoms with Crippen molar-refractivity contribution in [2.75, 3.05) is 12.3 Å². The molecule has 0 fully saturated rings. The largest absolute Gasteiger partial charge is 0.413 e. The highest BCUT2D eigenvalue weighted by Crippen LogP contribution is 2.20. The highest BCUT2D eigenvalue weighted by atomic mass is 32.2. The molecule has 0 aliphatic carbocycles. The standard InChI is InChI=1S/C8H8F3NO3S/c9-8(10,11)5-15-16(13,14)7-3-1-2-6(12)4-7/h1-4H,5,12H2. The van der Waals surface area contributed by atoms with Crippen molar-refractivity contribution in [1.29, 1.82) is 0 Å². The molecule has 8 heteroatoms. The molecule has 0 bridgehead atoms. The fraction of sp³-hybridized carbons (Fsp3) is 0.250. The van der Waals surface area contributed by atoms with E-state index in [1.54, 1.807) is 0 Å². The van der Waals surface area contributed by atoms with Crippen LogP contribution in [0.15, 0.2) is 29.2 Å². The van der Waals surface area contributed by atoms with E-state index in [9.17, 15) is 21.6 Å². The van der Waals surface area contributed by atoms with Gasteiger partial charge in [0.2, 0.25) is 0 Å². The van der Waals surface area contributed by atoms with Gasteiger partial charge in [-0.15, -0.1) is 0 Å². The zero-order valence-corrected chi connectivity index (χ0v) is 8.68. The molecule has 0 amide bonds. The molecule has 1 rings (SSSR count). The second-order valence-corrected chi connectivity index (χ2v) is 4.52. The van der Waals surface area contributed by atoms with Crippen molar-refractivity contribution in [1.82, 2.24) is 0 Å². The van der Waals surface area contributed by atoms with Gasteiger partial charge in [-0.25, -0.2) is 0 Å². The molecule has 0 aliphatic heterocycles. The predicted molar refractivity (Wildman–Crippen MR) is 50.0 cm³/mol. The van der Waals surface area contributed by atoms with Crippen LogP contribution in [0.1, 0.15) is 0 Å². The molecule has 90 valence electrons. The number of hydrogen-bond acceptors (Lipinski definition) is 4. The van der Waals surface area contributed by atoms with Gasteiger partial charge in [0.25, 0.3) is 10.1 Å². The zero-order valence-electron chi connectivity index (χ0n) is 7.86. The maximum absolute atomic E-state index is 11.8. The number of hydrogen-bond donors (Lipinski definition) is 1. The van der Waals surface area contributed by atoms with Crippen molar-refractivity contribution in [2.45, 2.75) is 11.1 Å². The number of alkyl halides is 3. The predicted octanol–water partition coefficient (Wildman–Crippen LogP) is 1.54. The normalized spacial score (nSPS) is 12.7. The molecule has 1 aromatic rings. The summed E-state index contributed by atoms with van der Waals surface area (Å²) in [7, 11) is -4.42. The van der Waals surface area contributed by atoms with Gasteiger partial charge in [-0.3, -0.25) is 4.18 Å². The second-order valence-electron chi connectivity index (χ2n) is 2.90. The smallest absolute Gasteiger partial charge is 0.399 e. The lowest BCUT2D eigenvalue weighted by atomic mass is 10.3. The quantitative estimate of drug-likeness (QED) is 0.657. The summed E-state index contributed by atoms with van der Waals surface area (Å²) in [6, 6.07) is 4.83. The fourth-order valence-electron chi connectivity index (χ4n) is 0.882. The van der Waals surface area contributed by atoms with E-state index in [-0.39, 0.29) is 5.69 Å². The number of nitrogens with two attached hydrogens (primary N) is 1. The van der Waals surface area contributed by atoms with Crippen molar-refractivity contribution in [2.24, 2.45) is 0 Å². The summed E-state index contributed by atoms with van der Waals surface area (Å²) in [4.78, 5) is -0.406.